The van der Waals surface area contributed by atoms with Gasteiger partial charge in [-0.05, 0) is 62.5 Å². The molecule has 0 aromatic heterocycles. The van der Waals surface area contributed by atoms with E-state index < -0.39 is 0 Å². The average Bonchev–Trinajstić information content (AvgIpc) is 2.66. The summed E-state index contributed by atoms with van der Waals surface area (Å²) in [4.78, 5) is 15.0. The zero-order chi connectivity index (χ0) is 17.9. The summed E-state index contributed by atoms with van der Waals surface area (Å²) in [6.07, 6.45) is 10.3. The molecule has 0 atom stereocenters. The number of likely N-dealkylation sites (tertiary alicyclic amines) is 1. The zero-order valence-corrected chi connectivity index (χ0v) is 17.4. The molecule has 3 nitrogen and oxygen atoms in total. The van der Waals surface area contributed by atoms with Gasteiger partial charge in [0.15, 0.2) is 5.78 Å². The molecule has 0 bridgehead atoms. The average molecular weight is 382 g/mol. The fourth-order valence-corrected chi connectivity index (χ4v) is 3.47. The highest BCUT2D eigenvalue weighted by molar-refractivity contribution is 5.96. The number of carbonyl (C=O) groups is 1. The molecule has 1 aromatic carbocycles. The number of hydrogen-bond acceptors (Lipinski definition) is 3. The lowest BCUT2D eigenvalue weighted by atomic mass is 10.0. The van der Waals surface area contributed by atoms with Crippen LogP contribution in [0.3, 0.4) is 0 Å². The van der Waals surface area contributed by atoms with Gasteiger partial charge in [-0.15, -0.1) is 12.4 Å². The molecule has 1 aromatic rings. The first-order valence-electron chi connectivity index (χ1n) is 10.3. The van der Waals surface area contributed by atoms with Gasteiger partial charge in [-0.25, -0.2) is 0 Å². The van der Waals surface area contributed by atoms with Crippen molar-refractivity contribution in [1.29, 1.82) is 0 Å². The van der Waals surface area contributed by atoms with Crippen molar-refractivity contribution in [2.75, 3.05) is 26.2 Å². The van der Waals surface area contributed by atoms with Crippen molar-refractivity contribution in [3.63, 3.8) is 0 Å². The SMILES string of the molecule is CCCCCCOc1ccc(C(=O)CCN2CCCCC2)cc1CC.Cl. The minimum Gasteiger partial charge on any atom is -0.493 e. The maximum Gasteiger partial charge on any atom is 0.164 e. The number of Topliss-reactive ketones (excluding diaryl/α,β-unsaturated/α-hetero) is 1. The monoisotopic (exact) mass is 381 g/mol. The molecule has 1 fully saturated rings. The van der Waals surface area contributed by atoms with E-state index >= 15 is 0 Å². The van der Waals surface area contributed by atoms with Crippen LogP contribution in [0.15, 0.2) is 18.2 Å². The number of unbranched alkanes of at least 4 members (excludes halogenated alkanes) is 3. The van der Waals surface area contributed by atoms with Crippen molar-refractivity contribution in [3.05, 3.63) is 29.3 Å². The topological polar surface area (TPSA) is 29.5 Å². The highest BCUT2D eigenvalue weighted by Crippen LogP contribution is 2.22. The number of ether oxygens (including phenoxy) is 1. The van der Waals surface area contributed by atoms with Crippen LogP contribution in [-0.2, 0) is 6.42 Å². The van der Waals surface area contributed by atoms with Crippen molar-refractivity contribution in [3.8, 4) is 5.75 Å². The Morgan fingerprint density at radius 2 is 1.85 bits per heavy atom. The maximum absolute atomic E-state index is 12.5. The standard InChI is InChI=1S/C22H35NO2.ClH/c1-3-5-6-10-17-25-22-12-11-20(18-19(22)4-2)21(24)13-16-23-14-8-7-9-15-23;/h11-12,18H,3-10,13-17H2,1-2H3;1H. The molecular weight excluding hydrogens is 346 g/mol. The molecule has 0 aliphatic carbocycles. The van der Waals surface area contributed by atoms with E-state index in [0.29, 0.717) is 6.42 Å². The Morgan fingerprint density at radius 1 is 1.08 bits per heavy atom. The van der Waals surface area contributed by atoms with Crippen LogP contribution in [-0.4, -0.2) is 36.9 Å². The second kappa shape index (κ2) is 13.2. The van der Waals surface area contributed by atoms with Gasteiger partial charge in [0.25, 0.3) is 0 Å². The third-order valence-electron chi connectivity index (χ3n) is 5.12. The van der Waals surface area contributed by atoms with Gasteiger partial charge in [0.1, 0.15) is 5.75 Å². The first kappa shape index (κ1) is 23.0. The Kier molecular flexibility index (Phi) is 11.6. The Morgan fingerprint density at radius 3 is 2.54 bits per heavy atom. The molecule has 2 rings (SSSR count). The smallest absolute Gasteiger partial charge is 0.164 e. The van der Waals surface area contributed by atoms with E-state index in [0.717, 1.165) is 56.0 Å². The Balaban J connectivity index is 0.00000338. The Labute approximate surface area is 165 Å². The molecule has 0 amide bonds. The van der Waals surface area contributed by atoms with E-state index in [1.54, 1.807) is 0 Å². The van der Waals surface area contributed by atoms with Crippen molar-refractivity contribution in [2.24, 2.45) is 0 Å². The summed E-state index contributed by atoms with van der Waals surface area (Å²) >= 11 is 0. The van der Waals surface area contributed by atoms with Gasteiger partial charge < -0.3 is 9.64 Å². The molecule has 0 unspecified atom stereocenters. The second-order valence-electron chi connectivity index (χ2n) is 7.16. The Hall–Kier alpha value is -1.06. The van der Waals surface area contributed by atoms with E-state index in [1.807, 2.05) is 18.2 Å². The van der Waals surface area contributed by atoms with Crippen molar-refractivity contribution in [1.82, 2.24) is 4.90 Å². The summed E-state index contributed by atoms with van der Waals surface area (Å²) in [7, 11) is 0. The summed E-state index contributed by atoms with van der Waals surface area (Å²) in [5, 5.41) is 0. The van der Waals surface area contributed by atoms with E-state index in [4.69, 9.17) is 4.74 Å². The van der Waals surface area contributed by atoms with E-state index in [-0.39, 0.29) is 18.2 Å². The molecule has 1 saturated heterocycles. The van der Waals surface area contributed by atoms with Crippen LogP contribution >= 0.6 is 12.4 Å². The van der Waals surface area contributed by atoms with Crippen LogP contribution in [0.1, 0.15) is 81.1 Å². The molecule has 0 N–H and O–H groups in total. The summed E-state index contributed by atoms with van der Waals surface area (Å²) in [5.41, 5.74) is 1.99. The van der Waals surface area contributed by atoms with Crippen LogP contribution in [0.5, 0.6) is 5.75 Å². The summed E-state index contributed by atoms with van der Waals surface area (Å²) in [6, 6.07) is 5.98. The van der Waals surface area contributed by atoms with Gasteiger partial charge in [-0.2, -0.15) is 0 Å². The fourth-order valence-electron chi connectivity index (χ4n) is 3.47. The molecule has 0 saturated carbocycles. The predicted molar refractivity (Wildman–Crippen MR) is 112 cm³/mol. The number of aryl methyl sites for hydroxylation is 1. The van der Waals surface area contributed by atoms with Crippen LogP contribution in [0.25, 0.3) is 0 Å². The number of nitrogens with zero attached hydrogens (tertiary/aromatic N) is 1. The van der Waals surface area contributed by atoms with Gasteiger partial charge in [-0.1, -0.05) is 39.5 Å². The molecule has 0 radical (unpaired) electrons. The van der Waals surface area contributed by atoms with Crippen LogP contribution in [0.2, 0.25) is 0 Å². The highest BCUT2D eigenvalue weighted by Gasteiger charge is 2.14. The van der Waals surface area contributed by atoms with Gasteiger partial charge in [-0.3, -0.25) is 4.79 Å². The lowest BCUT2D eigenvalue weighted by Gasteiger charge is -2.26. The molecule has 1 aliphatic heterocycles. The summed E-state index contributed by atoms with van der Waals surface area (Å²) in [5.74, 6) is 1.21. The zero-order valence-electron chi connectivity index (χ0n) is 16.6. The molecule has 1 aliphatic rings. The second-order valence-corrected chi connectivity index (χ2v) is 7.16. The molecule has 4 heteroatoms. The van der Waals surface area contributed by atoms with Gasteiger partial charge in [0.2, 0.25) is 0 Å². The highest BCUT2D eigenvalue weighted by atomic mass is 35.5. The van der Waals surface area contributed by atoms with Crippen LogP contribution in [0, 0.1) is 0 Å². The van der Waals surface area contributed by atoms with Crippen LogP contribution < -0.4 is 4.74 Å². The first-order valence-corrected chi connectivity index (χ1v) is 10.3. The van der Waals surface area contributed by atoms with Crippen molar-refractivity contribution in [2.45, 2.75) is 71.6 Å². The normalized spacial score (nSPS) is 14.7. The predicted octanol–water partition coefficient (Wildman–Crippen LogP) is 5.69. The first-order chi connectivity index (χ1) is 12.2. The van der Waals surface area contributed by atoms with Gasteiger partial charge >= 0.3 is 0 Å². The number of hydrogen-bond donors (Lipinski definition) is 0. The molecular formula is C22H36ClNO2. The quantitative estimate of drug-likeness (QED) is 0.364. The van der Waals surface area contributed by atoms with E-state index in [9.17, 15) is 4.79 Å². The number of piperidine rings is 1. The maximum atomic E-state index is 12.5. The number of carbonyl (C=O) groups excluding carboxylic acids is 1. The van der Waals surface area contributed by atoms with E-state index in [2.05, 4.69) is 18.7 Å². The lowest BCUT2D eigenvalue weighted by molar-refractivity contribution is 0.0958. The Bertz CT molecular complexity index is 527. The van der Waals surface area contributed by atoms with Gasteiger partial charge in [0, 0.05) is 18.5 Å². The largest absolute Gasteiger partial charge is 0.493 e. The molecule has 26 heavy (non-hydrogen) atoms. The number of rotatable bonds is 11. The number of benzene rings is 1. The third kappa shape index (κ3) is 7.67. The molecule has 1 heterocycles. The van der Waals surface area contributed by atoms with Crippen LogP contribution in [0.4, 0.5) is 0 Å². The molecule has 148 valence electrons. The lowest BCUT2D eigenvalue weighted by Crippen LogP contribution is -2.31. The molecule has 0 spiro atoms. The number of halogens is 1. The fraction of sp³-hybridized carbons (Fsp3) is 0.682. The summed E-state index contributed by atoms with van der Waals surface area (Å²) < 4.78 is 5.94. The van der Waals surface area contributed by atoms with Crippen molar-refractivity contribution >= 4 is 18.2 Å². The van der Waals surface area contributed by atoms with Crippen molar-refractivity contribution < 1.29 is 9.53 Å². The number of ketones is 1. The third-order valence-corrected chi connectivity index (χ3v) is 5.12. The minimum absolute atomic E-state index is 0. The van der Waals surface area contributed by atoms with E-state index in [1.165, 1.54) is 38.5 Å². The summed E-state index contributed by atoms with van der Waals surface area (Å²) in [6.45, 7) is 8.32. The van der Waals surface area contributed by atoms with Gasteiger partial charge in [0.05, 0.1) is 6.61 Å². The minimum atomic E-state index is 0.